The Bertz CT molecular complexity index is 1360. The molecule has 0 aliphatic rings. The van der Waals surface area contributed by atoms with E-state index in [9.17, 15) is 13.6 Å². The van der Waals surface area contributed by atoms with Crippen LogP contribution in [0.25, 0.3) is 16.6 Å². The van der Waals surface area contributed by atoms with E-state index < -0.39 is 17.6 Å². The third kappa shape index (κ3) is 5.56. The van der Waals surface area contributed by atoms with E-state index in [1.165, 1.54) is 18.2 Å². The average molecular weight is 494 g/mol. The summed E-state index contributed by atoms with van der Waals surface area (Å²) in [5.41, 5.74) is 2.12. The SMILES string of the molecule is C.Cc1c(F)cccc1[C@@H](Oc1ccc2c(cnn2-c2ccc(F)cc2)c1)[C@H](C)NC(=O)C(C)(C)C. The van der Waals surface area contributed by atoms with Crippen LogP contribution in [0.4, 0.5) is 8.78 Å². The first-order valence-corrected chi connectivity index (χ1v) is 11.5. The molecule has 0 unspecified atom stereocenters. The van der Waals surface area contributed by atoms with E-state index in [-0.39, 0.29) is 25.0 Å². The van der Waals surface area contributed by atoms with Gasteiger partial charge in [-0.3, -0.25) is 4.79 Å². The minimum atomic E-state index is -0.624. The van der Waals surface area contributed by atoms with Crippen molar-refractivity contribution in [2.45, 2.75) is 54.2 Å². The summed E-state index contributed by atoms with van der Waals surface area (Å²) >= 11 is 0. The smallest absolute Gasteiger partial charge is 0.225 e. The molecule has 3 aromatic carbocycles. The summed E-state index contributed by atoms with van der Waals surface area (Å²) in [7, 11) is 0. The monoisotopic (exact) mass is 493 g/mol. The Kier molecular flexibility index (Phi) is 7.82. The Morgan fingerprint density at radius 1 is 1.06 bits per heavy atom. The fourth-order valence-electron chi connectivity index (χ4n) is 3.89. The molecule has 4 rings (SSSR count). The summed E-state index contributed by atoms with van der Waals surface area (Å²) < 4.78 is 35.8. The largest absolute Gasteiger partial charge is 0.484 e. The van der Waals surface area contributed by atoms with Gasteiger partial charge >= 0.3 is 0 Å². The lowest BCUT2D eigenvalue weighted by Crippen LogP contribution is -2.44. The van der Waals surface area contributed by atoms with Gasteiger partial charge in [0, 0.05) is 16.4 Å². The van der Waals surface area contributed by atoms with Crippen LogP contribution >= 0.6 is 0 Å². The van der Waals surface area contributed by atoms with Crippen LogP contribution in [0, 0.1) is 24.0 Å². The molecule has 0 bridgehead atoms. The van der Waals surface area contributed by atoms with Crippen LogP contribution in [0.2, 0.25) is 0 Å². The van der Waals surface area contributed by atoms with Crippen molar-refractivity contribution in [1.82, 2.24) is 15.1 Å². The Labute approximate surface area is 211 Å². The molecular formula is C29H33F2N3O2. The number of fused-ring (bicyclic) bond motifs is 1. The normalized spacial score (nSPS) is 13.1. The maximum Gasteiger partial charge on any atom is 0.225 e. The summed E-state index contributed by atoms with van der Waals surface area (Å²) in [5.74, 6) is -0.209. The molecule has 2 atom stereocenters. The number of carbonyl (C=O) groups is 1. The number of nitrogens with zero attached hydrogens (tertiary/aromatic N) is 2. The highest BCUT2D eigenvalue weighted by atomic mass is 19.1. The van der Waals surface area contributed by atoms with Gasteiger partial charge in [0.1, 0.15) is 23.5 Å². The van der Waals surface area contributed by atoms with E-state index in [0.717, 1.165) is 16.6 Å². The van der Waals surface area contributed by atoms with Gasteiger partial charge in [0.15, 0.2) is 0 Å². The third-order valence-corrected chi connectivity index (χ3v) is 5.98. The van der Waals surface area contributed by atoms with Crippen LogP contribution < -0.4 is 10.1 Å². The summed E-state index contributed by atoms with van der Waals surface area (Å²) in [4.78, 5) is 12.7. The lowest BCUT2D eigenvalue weighted by atomic mass is 9.93. The van der Waals surface area contributed by atoms with Gasteiger partial charge in [-0.15, -0.1) is 0 Å². The molecular weight excluding hydrogens is 460 g/mol. The molecule has 0 radical (unpaired) electrons. The zero-order chi connectivity index (χ0) is 25.3. The zero-order valence-electron chi connectivity index (χ0n) is 20.5. The fraction of sp³-hybridized carbons (Fsp3) is 0.310. The van der Waals surface area contributed by atoms with Crippen LogP contribution in [0.1, 0.15) is 52.4 Å². The predicted octanol–water partition coefficient (Wildman–Crippen LogP) is 6.92. The molecule has 7 heteroatoms. The Hall–Kier alpha value is -3.74. The number of benzene rings is 3. The second-order valence-electron chi connectivity index (χ2n) is 9.76. The number of carbonyl (C=O) groups excluding carboxylic acids is 1. The number of aromatic nitrogens is 2. The van der Waals surface area contributed by atoms with E-state index in [1.807, 2.05) is 52.0 Å². The second-order valence-corrected chi connectivity index (χ2v) is 9.76. The van der Waals surface area contributed by atoms with Gasteiger partial charge in [0.25, 0.3) is 0 Å². The molecule has 0 saturated carbocycles. The van der Waals surface area contributed by atoms with Crippen molar-refractivity contribution in [3.8, 4) is 11.4 Å². The van der Waals surface area contributed by atoms with Crippen molar-refractivity contribution < 1.29 is 18.3 Å². The molecule has 0 aliphatic heterocycles. The molecule has 1 aromatic heterocycles. The summed E-state index contributed by atoms with van der Waals surface area (Å²) in [5, 5.41) is 8.28. The van der Waals surface area contributed by atoms with Crippen molar-refractivity contribution >= 4 is 16.8 Å². The van der Waals surface area contributed by atoms with Crippen molar-refractivity contribution in [2.24, 2.45) is 5.41 Å². The van der Waals surface area contributed by atoms with Crippen molar-refractivity contribution in [3.05, 3.63) is 89.6 Å². The van der Waals surface area contributed by atoms with E-state index >= 15 is 0 Å². The zero-order valence-corrected chi connectivity index (χ0v) is 20.5. The first-order valence-electron chi connectivity index (χ1n) is 11.5. The number of hydrogen-bond acceptors (Lipinski definition) is 3. The standard InChI is InChI=1S/C28H29F2N3O2.CH4/c1-17-23(7-6-8-24(17)30)26(18(2)32-27(34)28(3,4)5)35-22-13-14-25-19(15-22)16-31-33(25)21-11-9-20(29)10-12-21;/h6-16,18,26H,1-5H3,(H,32,34);1H4/t18-,26-;/m0./s1. The number of amides is 1. The number of hydrogen-bond donors (Lipinski definition) is 1. The van der Waals surface area contributed by atoms with Gasteiger partial charge in [-0.05, 0) is 67.9 Å². The first kappa shape index (κ1) is 26.9. The maximum absolute atomic E-state index is 14.4. The van der Waals surface area contributed by atoms with Crippen LogP contribution in [-0.4, -0.2) is 21.7 Å². The van der Waals surface area contributed by atoms with Crippen molar-refractivity contribution in [3.63, 3.8) is 0 Å². The van der Waals surface area contributed by atoms with Crippen LogP contribution in [-0.2, 0) is 4.79 Å². The highest BCUT2D eigenvalue weighted by molar-refractivity contribution is 5.82. The molecule has 1 amide bonds. The topological polar surface area (TPSA) is 56.1 Å². The quantitative estimate of drug-likeness (QED) is 0.317. The summed E-state index contributed by atoms with van der Waals surface area (Å²) in [6.07, 6.45) is 1.08. The lowest BCUT2D eigenvalue weighted by Gasteiger charge is -2.30. The van der Waals surface area contributed by atoms with E-state index in [4.69, 9.17) is 4.74 Å². The minimum absolute atomic E-state index is 0. The van der Waals surface area contributed by atoms with E-state index in [2.05, 4.69) is 10.4 Å². The highest BCUT2D eigenvalue weighted by Gasteiger charge is 2.29. The molecule has 0 saturated heterocycles. The second kappa shape index (κ2) is 10.5. The molecule has 1 N–H and O–H groups in total. The highest BCUT2D eigenvalue weighted by Crippen LogP contribution is 2.31. The van der Waals surface area contributed by atoms with E-state index in [0.29, 0.717) is 16.9 Å². The predicted molar refractivity (Wildman–Crippen MR) is 139 cm³/mol. The molecule has 1 heterocycles. The third-order valence-electron chi connectivity index (χ3n) is 5.98. The summed E-state index contributed by atoms with van der Waals surface area (Å²) in [6, 6.07) is 16.1. The van der Waals surface area contributed by atoms with E-state index in [1.54, 1.807) is 36.0 Å². The van der Waals surface area contributed by atoms with Gasteiger partial charge in [0.05, 0.1) is 23.4 Å². The molecule has 4 aromatic rings. The van der Waals surface area contributed by atoms with Crippen LogP contribution in [0.5, 0.6) is 5.75 Å². The van der Waals surface area contributed by atoms with Crippen LogP contribution in [0.3, 0.4) is 0 Å². The number of nitrogens with one attached hydrogen (secondary N) is 1. The van der Waals surface area contributed by atoms with Gasteiger partial charge in [-0.25, -0.2) is 13.5 Å². The Balaban J connectivity index is 0.00000361. The van der Waals surface area contributed by atoms with Crippen LogP contribution in [0.15, 0.2) is 66.9 Å². The molecule has 190 valence electrons. The number of halogens is 2. The molecule has 0 fully saturated rings. The number of ether oxygens (including phenoxy) is 1. The molecule has 0 aliphatic carbocycles. The molecule has 0 spiro atoms. The summed E-state index contributed by atoms with van der Waals surface area (Å²) in [6.45, 7) is 9.07. The molecule has 5 nitrogen and oxygen atoms in total. The lowest BCUT2D eigenvalue weighted by molar-refractivity contribution is -0.129. The first-order chi connectivity index (χ1) is 16.5. The van der Waals surface area contributed by atoms with Crippen molar-refractivity contribution in [2.75, 3.05) is 0 Å². The van der Waals surface area contributed by atoms with Crippen molar-refractivity contribution in [1.29, 1.82) is 0 Å². The maximum atomic E-state index is 14.4. The fourth-order valence-corrected chi connectivity index (χ4v) is 3.89. The van der Waals surface area contributed by atoms with Gasteiger partial charge in [-0.2, -0.15) is 5.10 Å². The minimum Gasteiger partial charge on any atom is -0.484 e. The molecule has 36 heavy (non-hydrogen) atoms. The van der Waals surface area contributed by atoms with Gasteiger partial charge in [-0.1, -0.05) is 40.3 Å². The number of rotatable bonds is 6. The Morgan fingerprint density at radius 3 is 2.42 bits per heavy atom. The van der Waals surface area contributed by atoms with Gasteiger partial charge < -0.3 is 10.1 Å². The van der Waals surface area contributed by atoms with Gasteiger partial charge in [0.2, 0.25) is 5.91 Å². The Morgan fingerprint density at radius 2 is 1.75 bits per heavy atom. The average Bonchev–Trinajstić information content (AvgIpc) is 3.22.